The van der Waals surface area contributed by atoms with Crippen LogP contribution in [-0.4, -0.2) is 32.3 Å². The Kier molecular flexibility index (Phi) is 4.11. The molecular weight excluding hydrogens is 212 g/mol. The molecule has 2 fully saturated rings. The fourth-order valence-electron chi connectivity index (χ4n) is 3.14. The maximum absolute atomic E-state index is 6.10. The molecule has 0 aromatic rings. The molecule has 2 rings (SSSR count). The van der Waals surface area contributed by atoms with Crippen molar-refractivity contribution in [1.82, 2.24) is 5.32 Å². The molecule has 0 spiro atoms. The van der Waals surface area contributed by atoms with Crippen LogP contribution in [0.15, 0.2) is 0 Å². The van der Waals surface area contributed by atoms with Gasteiger partial charge in [-0.15, -0.1) is 0 Å². The Hall–Kier alpha value is -0.120. The number of rotatable bonds is 4. The van der Waals surface area contributed by atoms with Crippen LogP contribution in [0.4, 0.5) is 0 Å². The summed E-state index contributed by atoms with van der Waals surface area (Å²) < 4.78 is 5.48. The van der Waals surface area contributed by atoms with Crippen molar-refractivity contribution in [2.45, 2.75) is 52.0 Å². The van der Waals surface area contributed by atoms with Gasteiger partial charge in [0, 0.05) is 24.5 Å². The Bertz CT molecular complexity index is 251. The van der Waals surface area contributed by atoms with E-state index in [4.69, 9.17) is 10.5 Å². The summed E-state index contributed by atoms with van der Waals surface area (Å²) in [4.78, 5) is 0. The maximum Gasteiger partial charge on any atom is 0.0624 e. The Morgan fingerprint density at radius 3 is 2.47 bits per heavy atom. The molecule has 1 heterocycles. The highest BCUT2D eigenvalue weighted by atomic mass is 16.5. The maximum atomic E-state index is 6.10. The van der Waals surface area contributed by atoms with E-state index in [2.05, 4.69) is 19.2 Å². The molecule has 1 aliphatic carbocycles. The van der Waals surface area contributed by atoms with Crippen LogP contribution in [0.1, 0.15) is 46.0 Å². The lowest BCUT2D eigenvalue weighted by Crippen LogP contribution is -2.47. The number of ether oxygens (including phenoxy) is 1. The lowest BCUT2D eigenvalue weighted by atomic mass is 9.75. The molecule has 100 valence electrons. The molecule has 0 aromatic heterocycles. The van der Waals surface area contributed by atoms with Gasteiger partial charge < -0.3 is 15.8 Å². The minimum Gasteiger partial charge on any atom is -0.379 e. The van der Waals surface area contributed by atoms with Crippen molar-refractivity contribution in [2.75, 3.05) is 26.3 Å². The van der Waals surface area contributed by atoms with Gasteiger partial charge in [-0.25, -0.2) is 0 Å². The summed E-state index contributed by atoms with van der Waals surface area (Å²) >= 11 is 0. The predicted octanol–water partition coefficient (Wildman–Crippen LogP) is 1.91. The molecular formula is C14H28N2O. The first-order chi connectivity index (χ1) is 8.04. The summed E-state index contributed by atoms with van der Waals surface area (Å²) in [5.41, 5.74) is 6.74. The smallest absolute Gasteiger partial charge is 0.0624 e. The Morgan fingerprint density at radius 1 is 1.18 bits per heavy atom. The largest absolute Gasteiger partial charge is 0.379 e. The Balaban J connectivity index is 1.75. The summed E-state index contributed by atoms with van der Waals surface area (Å²) in [7, 11) is 0. The van der Waals surface area contributed by atoms with Crippen LogP contribution in [0.25, 0.3) is 0 Å². The topological polar surface area (TPSA) is 47.3 Å². The highest BCUT2D eigenvalue weighted by Gasteiger charge is 2.37. The van der Waals surface area contributed by atoms with Crippen LogP contribution >= 0.6 is 0 Å². The van der Waals surface area contributed by atoms with Crippen molar-refractivity contribution in [3.8, 4) is 0 Å². The van der Waals surface area contributed by atoms with Gasteiger partial charge in [0.1, 0.15) is 0 Å². The average Bonchev–Trinajstić information content (AvgIpc) is 2.60. The third kappa shape index (κ3) is 3.21. The van der Waals surface area contributed by atoms with Gasteiger partial charge in [0.15, 0.2) is 0 Å². The molecule has 3 heteroatoms. The van der Waals surface area contributed by atoms with Crippen molar-refractivity contribution >= 4 is 0 Å². The standard InChI is InChI=1S/C14H28N2O/c1-13(6-4-3-5-7-13)9-16-10-14(2)11-17-8-12(14)15/h12,16H,3-11,15H2,1-2H3. The molecule has 0 radical (unpaired) electrons. The SMILES string of the molecule is CC1(CNCC2(C)COCC2N)CCCCC1. The second kappa shape index (κ2) is 5.25. The summed E-state index contributed by atoms with van der Waals surface area (Å²) in [5, 5.41) is 3.65. The van der Waals surface area contributed by atoms with Gasteiger partial charge in [-0.05, 0) is 18.3 Å². The molecule has 0 bridgehead atoms. The molecule has 0 aromatic carbocycles. The van der Waals surface area contributed by atoms with E-state index in [0.717, 1.165) is 26.3 Å². The van der Waals surface area contributed by atoms with Crippen molar-refractivity contribution in [2.24, 2.45) is 16.6 Å². The molecule has 2 atom stereocenters. The van der Waals surface area contributed by atoms with E-state index in [1.54, 1.807) is 0 Å². The first-order valence-corrected chi connectivity index (χ1v) is 7.08. The van der Waals surface area contributed by atoms with E-state index in [1.165, 1.54) is 32.1 Å². The van der Waals surface area contributed by atoms with Crippen molar-refractivity contribution < 1.29 is 4.74 Å². The molecule has 3 N–H and O–H groups in total. The lowest BCUT2D eigenvalue weighted by molar-refractivity contribution is 0.150. The Labute approximate surface area is 105 Å². The highest BCUT2D eigenvalue weighted by Crippen LogP contribution is 2.35. The fraction of sp³-hybridized carbons (Fsp3) is 1.00. The first kappa shape index (κ1) is 13.3. The summed E-state index contributed by atoms with van der Waals surface area (Å²) in [6.45, 7) is 8.31. The predicted molar refractivity (Wildman–Crippen MR) is 71.0 cm³/mol. The number of nitrogens with two attached hydrogens (primary N) is 1. The van der Waals surface area contributed by atoms with Crippen LogP contribution in [0.3, 0.4) is 0 Å². The monoisotopic (exact) mass is 240 g/mol. The van der Waals surface area contributed by atoms with E-state index in [0.29, 0.717) is 5.41 Å². The fourth-order valence-corrected chi connectivity index (χ4v) is 3.14. The number of hydrogen-bond acceptors (Lipinski definition) is 3. The quantitative estimate of drug-likeness (QED) is 0.789. The van der Waals surface area contributed by atoms with Crippen molar-refractivity contribution in [3.05, 3.63) is 0 Å². The second-order valence-corrected chi connectivity index (χ2v) is 6.75. The first-order valence-electron chi connectivity index (χ1n) is 7.08. The van der Waals surface area contributed by atoms with E-state index in [-0.39, 0.29) is 11.5 Å². The van der Waals surface area contributed by atoms with Crippen LogP contribution in [0.2, 0.25) is 0 Å². The lowest BCUT2D eigenvalue weighted by Gasteiger charge is -2.35. The van der Waals surface area contributed by atoms with Gasteiger partial charge in [0.2, 0.25) is 0 Å². The highest BCUT2D eigenvalue weighted by molar-refractivity contribution is 4.92. The third-order valence-corrected chi connectivity index (χ3v) is 4.77. The van der Waals surface area contributed by atoms with Crippen molar-refractivity contribution in [1.29, 1.82) is 0 Å². The second-order valence-electron chi connectivity index (χ2n) is 6.75. The minimum atomic E-state index is 0.130. The molecule has 17 heavy (non-hydrogen) atoms. The van der Waals surface area contributed by atoms with Crippen LogP contribution in [0.5, 0.6) is 0 Å². The molecule has 1 saturated carbocycles. The zero-order valence-corrected chi connectivity index (χ0v) is 11.4. The normalized spacial score (nSPS) is 37.2. The average molecular weight is 240 g/mol. The molecule has 2 unspecified atom stereocenters. The third-order valence-electron chi connectivity index (χ3n) is 4.77. The van der Waals surface area contributed by atoms with E-state index < -0.39 is 0 Å². The zero-order valence-electron chi connectivity index (χ0n) is 11.4. The van der Waals surface area contributed by atoms with Crippen LogP contribution in [-0.2, 0) is 4.74 Å². The van der Waals surface area contributed by atoms with E-state index >= 15 is 0 Å². The van der Waals surface area contributed by atoms with Gasteiger partial charge in [0.25, 0.3) is 0 Å². The molecule has 3 nitrogen and oxygen atoms in total. The molecule has 0 amide bonds. The minimum absolute atomic E-state index is 0.130. The van der Waals surface area contributed by atoms with Gasteiger partial charge in [-0.2, -0.15) is 0 Å². The number of hydrogen-bond donors (Lipinski definition) is 2. The van der Waals surface area contributed by atoms with Gasteiger partial charge in [0.05, 0.1) is 13.2 Å². The Morgan fingerprint density at radius 2 is 1.88 bits per heavy atom. The molecule has 1 aliphatic heterocycles. The van der Waals surface area contributed by atoms with E-state index in [9.17, 15) is 0 Å². The zero-order chi connectivity index (χ0) is 12.4. The molecule has 1 saturated heterocycles. The van der Waals surface area contributed by atoms with Gasteiger partial charge in [-0.1, -0.05) is 33.1 Å². The molecule has 2 aliphatic rings. The van der Waals surface area contributed by atoms with Crippen LogP contribution in [0, 0.1) is 10.8 Å². The van der Waals surface area contributed by atoms with Gasteiger partial charge >= 0.3 is 0 Å². The van der Waals surface area contributed by atoms with E-state index in [1.807, 2.05) is 0 Å². The van der Waals surface area contributed by atoms with Gasteiger partial charge in [-0.3, -0.25) is 0 Å². The summed E-state index contributed by atoms with van der Waals surface area (Å²) in [6.07, 6.45) is 6.97. The summed E-state index contributed by atoms with van der Waals surface area (Å²) in [5.74, 6) is 0. The van der Waals surface area contributed by atoms with Crippen molar-refractivity contribution in [3.63, 3.8) is 0 Å². The van der Waals surface area contributed by atoms with Crippen LogP contribution < -0.4 is 11.1 Å². The summed E-state index contributed by atoms with van der Waals surface area (Å²) in [6, 6.07) is 0.189. The number of nitrogens with one attached hydrogen (secondary N) is 1.